The minimum absolute atomic E-state index is 0.311. The van der Waals surface area contributed by atoms with Crippen LogP contribution in [0, 0.1) is 0 Å². The van der Waals surface area contributed by atoms with E-state index in [0.29, 0.717) is 33.9 Å². The van der Waals surface area contributed by atoms with Gasteiger partial charge in [0.1, 0.15) is 10.6 Å². The normalized spacial score (nSPS) is 10.2. The zero-order chi connectivity index (χ0) is 17.7. The first kappa shape index (κ1) is 18.4. The molecule has 0 fully saturated rings. The summed E-state index contributed by atoms with van der Waals surface area (Å²) in [4.78, 5) is 14.7. The molecule has 2 aromatic rings. The van der Waals surface area contributed by atoms with Crippen LogP contribution < -0.4 is 10.1 Å². The molecule has 4 nitrogen and oxygen atoms in total. The largest absolute Gasteiger partial charge is 0.497 e. The highest BCUT2D eigenvalue weighted by Gasteiger charge is 2.19. The highest BCUT2D eigenvalue weighted by Crippen LogP contribution is 2.37. The van der Waals surface area contributed by atoms with Gasteiger partial charge in [0.25, 0.3) is 5.91 Å². The molecule has 0 unspecified atom stereocenters. The third kappa shape index (κ3) is 3.95. The van der Waals surface area contributed by atoms with Crippen molar-refractivity contribution in [1.29, 1.82) is 0 Å². The van der Waals surface area contributed by atoms with Crippen molar-refractivity contribution in [3.63, 3.8) is 0 Å². The number of nitrogens with one attached hydrogen (secondary N) is 1. The number of halogens is 1. The van der Waals surface area contributed by atoms with E-state index in [0.717, 1.165) is 10.1 Å². The lowest BCUT2D eigenvalue weighted by Crippen LogP contribution is -2.42. The highest BCUT2D eigenvalue weighted by molar-refractivity contribution is 7.80. The molecule has 126 valence electrons. The number of thiophene rings is 1. The molecule has 0 radical (unpaired) electrons. The quantitative estimate of drug-likeness (QED) is 0.600. The molecular formula is C17H17ClN2O2S2. The van der Waals surface area contributed by atoms with Crippen LogP contribution in [0.5, 0.6) is 5.75 Å². The minimum atomic E-state index is -0.330. The van der Waals surface area contributed by atoms with Crippen LogP contribution in [0.25, 0.3) is 10.1 Å². The molecule has 1 N–H and O–H groups in total. The fourth-order valence-corrected chi connectivity index (χ4v) is 3.79. The van der Waals surface area contributed by atoms with Crippen molar-refractivity contribution in [3.8, 4) is 5.75 Å². The van der Waals surface area contributed by atoms with Gasteiger partial charge in [0, 0.05) is 23.2 Å². The Hall–Kier alpha value is -1.89. The number of carbonyl (C=O) groups excluding carboxylic acids is 1. The number of hydrogen-bond donors (Lipinski definition) is 1. The molecule has 1 aromatic heterocycles. The molecule has 0 spiro atoms. The second-order valence-electron chi connectivity index (χ2n) is 4.85. The van der Waals surface area contributed by atoms with Crippen LogP contribution in [-0.2, 0) is 0 Å². The van der Waals surface area contributed by atoms with Crippen molar-refractivity contribution in [2.45, 2.75) is 0 Å². The number of amides is 1. The van der Waals surface area contributed by atoms with Gasteiger partial charge in [0.15, 0.2) is 5.11 Å². The van der Waals surface area contributed by atoms with Gasteiger partial charge in [0.05, 0.1) is 12.1 Å². The number of fused-ring (bicyclic) bond motifs is 1. The number of hydrogen-bond acceptors (Lipinski definition) is 4. The lowest BCUT2D eigenvalue weighted by Gasteiger charge is -2.22. The lowest BCUT2D eigenvalue weighted by atomic mass is 10.2. The Labute approximate surface area is 155 Å². The number of carbonyl (C=O) groups is 1. The van der Waals surface area contributed by atoms with Crippen LogP contribution in [-0.4, -0.2) is 36.1 Å². The molecule has 0 saturated heterocycles. The van der Waals surface area contributed by atoms with E-state index in [1.54, 1.807) is 24.2 Å². The average Bonchev–Trinajstić information content (AvgIpc) is 2.90. The molecule has 24 heavy (non-hydrogen) atoms. The maximum atomic E-state index is 12.5. The predicted molar refractivity (Wildman–Crippen MR) is 105 cm³/mol. The maximum absolute atomic E-state index is 12.5. The van der Waals surface area contributed by atoms with E-state index in [4.69, 9.17) is 28.6 Å². The Morgan fingerprint density at radius 3 is 2.67 bits per heavy atom. The van der Waals surface area contributed by atoms with Gasteiger partial charge in [0.2, 0.25) is 0 Å². The van der Waals surface area contributed by atoms with E-state index >= 15 is 0 Å². The molecule has 7 heteroatoms. The summed E-state index contributed by atoms with van der Waals surface area (Å²) in [5.74, 6) is 0.384. The van der Waals surface area contributed by atoms with Gasteiger partial charge in [-0.1, -0.05) is 23.8 Å². The monoisotopic (exact) mass is 380 g/mol. The Morgan fingerprint density at radius 2 is 2.08 bits per heavy atom. The minimum Gasteiger partial charge on any atom is -0.497 e. The lowest BCUT2D eigenvalue weighted by molar-refractivity contribution is 0.0978. The second kappa shape index (κ2) is 8.28. The summed E-state index contributed by atoms with van der Waals surface area (Å²) in [6.07, 6.45) is 3.42. The van der Waals surface area contributed by atoms with Crippen molar-refractivity contribution in [2.24, 2.45) is 0 Å². The van der Waals surface area contributed by atoms with Crippen molar-refractivity contribution in [3.05, 3.63) is 53.4 Å². The standard InChI is InChI=1S/C17H17ClN2O2S2/c1-4-8-20(9-5-2)17(23)19-16(21)15-14(18)12-7-6-11(22-3)10-13(12)24-15/h4-7,10H,1-2,8-9H2,3H3,(H,19,21,23). The predicted octanol–water partition coefficient (Wildman–Crippen LogP) is 4.25. The molecule has 1 heterocycles. The van der Waals surface area contributed by atoms with E-state index in [1.807, 2.05) is 18.2 Å². The zero-order valence-corrected chi connectivity index (χ0v) is 15.6. The van der Waals surface area contributed by atoms with Crippen LogP contribution in [0.1, 0.15) is 9.67 Å². The third-order valence-corrected chi connectivity index (χ3v) is 5.27. The first-order chi connectivity index (χ1) is 11.5. The Balaban J connectivity index is 2.24. The Kier molecular flexibility index (Phi) is 6.36. The SMILES string of the molecule is C=CCN(CC=C)C(=S)NC(=O)c1sc2cc(OC)ccc2c1Cl. The molecule has 0 aliphatic heterocycles. The van der Waals surface area contributed by atoms with Crippen molar-refractivity contribution in [2.75, 3.05) is 20.2 Å². The van der Waals surface area contributed by atoms with E-state index in [1.165, 1.54) is 11.3 Å². The van der Waals surface area contributed by atoms with E-state index < -0.39 is 0 Å². The summed E-state index contributed by atoms with van der Waals surface area (Å²) in [6, 6.07) is 5.50. The van der Waals surface area contributed by atoms with Crippen LogP contribution >= 0.6 is 35.2 Å². The van der Waals surface area contributed by atoms with Crippen molar-refractivity contribution in [1.82, 2.24) is 10.2 Å². The molecule has 0 atom stereocenters. The van der Waals surface area contributed by atoms with Gasteiger partial charge in [-0.2, -0.15) is 0 Å². The number of nitrogens with zero attached hydrogens (tertiary/aromatic N) is 1. The van der Waals surface area contributed by atoms with Crippen LogP contribution in [0.15, 0.2) is 43.5 Å². The van der Waals surface area contributed by atoms with Crippen LogP contribution in [0.4, 0.5) is 0 Å². The smallest absolute Gasteiger partial charge is 0.269 e. The number of benzene rings is 1. The summed E-state index contributed by atoms with van der Waals surface area (Å²) < 4.78 is 6.08. The Morgan fingerprint density at radius 1 is 1.42 bits per heavy atom. The summed E-state index contributed by atoms with van der Waals surface area (Å²) in [5.41, 5.74) is 0. The molecule has 2 rings (SSSR count). The van der Waals surface area contributed by atoms with Gasteiger partial charge in [-0.05, 0) is 30.4 Å². The van der Waals surface area contributed by atoms with Crippen molar-refractivity contribution < 1.29 is 9.53 Å². The van der Waals surface area contributed by atoms with Gasteiger partial charge in [-0.25, -0.2) is 0 Å². The molecule has 0 aliphatic carbocycles. The molecular weight excluding hydrogens is 364 g/mol. The average molecular weight is 381 g/mol. The van der Waals surface area contributed by atoms with Gasteiger partial charge in [-0.15, -0.1) is 24.5 Å². The fraction of sp³-hybridized carbons (Fsp3) is 0.176. The van der Waals surface area contributed by atoms with Crippen LogP contribution in [0.2, 0.25) is 5.02 Å². The number of thiocarbonyl (C=S) groups is 1. The van der Waals surface area contributed by atoms with Crippen LogP contribution in [0.3, 0.4) is 0 Å². The van der Waals surface area contributed by atoms with E-state index in [9.17, 15) is 4.79 Å². The zero-order valence-electron chi connectivity index (χ0n) is 13.2. The number of ether oxygens (including phenoxy) is 1. The molecule has 0 aliphatic rings. The first-order valence-electron chi connectivity index (χ1n) is 7.09. The summed E-state index contributed by atoms with van der Waals surface area (Å²) in [6.45, 7) is 8.40. The first-order valence-corrected chi connectivity index (χ1v) is 8.70. The molecule has 1 aromatic carbocycles. The van der Waals surface area contributed by atoms with E-state index in [-0.39, 0.29) is 5.91 Å². The molecule has 1 amide bonds. The molecule has 0 bridgehead atoms. The second-order valence-corrected chi connectivity index (χ2v) is 6.67. The van der Waals surface area contributed by atoms with Gasteiger partial charge >= 0.3 is 0 Å². The van der Waals surface area contributed by atoms with Gasteiger partial charge in [-0.3, -0.25) is 10.1 Å². The van der Waals surface area contributed by atoms with Crippen molar-refractivity contribution >= 4 is 56.3 Å². The van der Waals surface area contributed by atoms with E-state index in [2.05, 4.69) is 18.5 Å². The maximum Gasteiger partial charge on any atom is 0.269 e. The summed E-state index contributed by atoms with van der Waals surface area (Å²) in [5, 5.41) is 4.25. The number of methoxy groups -OCH3 is 1. The van der Waals surface area contributed by atoms with Gasteiger partial charge < -0.3 is 9.64 Å². The summed E-state index contributed by atoms with van der Waals surface area (Å²) in [7, 11) is 1.59. The fourth-order valence-electron chi connectivity index (χ4n) is 2.10. The Bertz CT molecular complexity index is 791. The topological polar surface area (TPSA) is 41.6 Å². The third-order valence-electron chi connectivity index (χ3n) is 3.25. The summed E-state index contributed by atoms with van der Waals surface area (Å²) >= 11 is 12.9. The highest BCUT2D eigenvalue weighted by atomic mass is 35.5. The number of rotatable bonds is 6. The molecule has 0 saturated carbocycles.